The highest BCUT2D eigenvalue weighted by Crippen LogP contribution is 2.33. The van der Waals surface area contributed by atoms with Crippen LogP contribution in [0.1, 0.15) is 43.7 Å². The minimum absolute atomic E-state index is 0.0340. The molecule has 0 aliphatic rings. The first-order valence-corrected chi connectivity index (χ1v) is 11.0. The molecule has 3 aromatic rings. The molecule has 2 unspecified atom stereocenters. The summed E-state index contributed by atoms with van der Waals surface area (Å²) in [5, 5.41) is 3.86. The lowest BCUT2D eigenvalue weighted by molar-refractivity contribution is -0.134. The number of benzene rings is 2. The van der Waals surface area contributed by atoms with E-state index in [1.165, 1.54) is 18.2 Å². The van der Waals surface area contributed by atoms with E-state index in [1.54, 1.807) is 26.2 Å². The summed E-state index contributed by atoms with van der Waals surface area (Å²) < 4.78 is 19.4. The van der Waals surface area contributed by atoms with Gasteiger partial charge in [-0.3, -0.25) is 9.78 Å². The van der Waals surface area contributed by atoms with Gasteiger partial charge in [0.2, 0.25) is 0 Å². The molecule has 4 nitrogen and oxygen atoms in total. The smallest absolute Gasteiger partial charge is 0.263 e. The van der Waals surface area contributed by atoms with E-state index in [2.05, 4.69) is 17.2 Å². The number of ether oxygens (including phenoxy) is 1. The predicted molar refractivity (Wildman–Crippen MR) is 126 cm³/mol. The van der Waals surface area contributed by atoms with Crippen LogP contribution >= 0.6 is 23.2 Å². The van der Waals surface area contributed by atoms with Crippen LogP contribution in [0.15, 0.2) is 67.0 Å². The van der Waals surface area contributed by atoms with Crippen molar-refractivity contribution < 1.29 is 13.9 Å². The first kappa shape index (κ1) is 24.0. The van der Waals surface area contributed by atoms with Crippen LogP contribution in [-0.4, -0.2) is 23.0 Å². The maximum Gasteiger partial charge on any atom is 0.263 e. The molecule has 168 valence electrons. The summed E-state index contributed by atoms with van der Waals surface area (Å²) in [4.78, 5) is 17.2. The zero-order valence-electron chi connectivity index (χ0n) is 18.1. The van der Waals surface area contributed by atoms with E-state index in [9.17, 15) is 9.18 Å². The summed E-state index contributed by atoms with van der Waals surface area (Å²) in [6.07, 6.45) is 3.52. The van der Waals surface area contributed by atoms with Gasteiger partial charge in [-0.15, -0.1) is 0 Å². The molecule has 0 aliphatic heterocycles. The largest absolute Gasteiger partial charge is 0.478 e. The Bertz CT molecular complexity index is 1040. The van der Waals surface area contributed by atoms with Gasteiger partial charge in [-0.2, -0.15) is 0 Å². The molecule has 0 bridgehead atoms. The van der Waals surface area contributed by atoms with Gasteiger partial charge in [-0.1, -0.05) is 48.3 Å². The van der Waals surface area contributed by atoms with Gasteiger partial charge in [0.05, 0.1) is 0 Å². The van der Waals surface area contributed by atoms with E-state index in [-0.39, 0.29) is 28.5 Å². The molecular weight excluding hydrogens is 450 g/mol. The van der Waals surface area contributed by atoms with Crippen molar-refractivity contribution in [3.63, 3.8) is 0 Å². The maximum atomic E-state index is 13.6. The first-order valence-electron chi connectivity index (χ1n) is 10.2. The Morgan fingerprint density at radius 1 is 1.09 bits per heavy atom. The molecule has 0 spiro atoms. The minimum Gasteiger partial charge on any atom is -0.478 e. The standard InChI is InChI=1S/C25H25Cl2FN2O2/c1-16(17-6-8-19(26)9-7-17)23(18-5-4-10-29-14-18)15-30-24(31)25(2,3)32-22-12-20(27)11-21(28)13-22/h4-14,16,23H,15H2,1-3H3,(H,30,31). The number of hydrogen-bond acceptors (Lipinski definition) is 3. The fraction of sp³-hybridized carbons (Fsp3) is 0.280. The van der Waals surface area contributed by atoms with E-state index in [0.717, 1.165) is 11.1 Å². The monoisotopic (exact) mass is 474 g/mol. The molecule has 2 atom stereocenters. The lowest BCUT2D eigenvalue weighted by Gasteiger charge is -2.29. The van der Waals surface area contributed by atoms with Gasteiger partial charge in [0.25, 0.3) is 5.91 Å². The summed E-state index contributed by atoms with van der Waals surface area (Å²) >= 11 is 11.9. The van der Waals surface area contributed by atoms with E-state index < -0.39 is 11.4 Å². The van der Waals surface area contributed by atoms with Crippen molar-refractivity contribution in [3.8, 4) is 5.75 Å². The van der Waals surface area contributed by atoms with Gasteiger partial charge >= 0.3 is 0 Å². The second kappa shape index (κ2) is 10.3. The second-order valence-corrected chi connectivity index (χ2v) is 9.03. The first-order chi connectivity index (χ1) is 15.2. The lowest BCUT2D eigenvalue weighted by atomic mass is 9.83. The average molecular weight is 475 g/mol. The molecule has 0 aliphatic carbocycles. The number of hydrogen-bond donors (Lipinski definition) is 1. The van der Waals surface area contributed by atoms with Crippen molar-refractivity contribution in [2.45, 2.75) is 38.2 Å². The molecule has 1 heterocycles. The molecule has 1 aromatic heterocycles. The fourth-order valence-corrected chi connectivity index (χ4v) is 3.86. The van der Waals surface area contributed by atoms with E-state index in [1.807, 2.05) is 36.4 Å². The van der Waals surface area contributed by atoms with Gasteiger partial charge in [0.1, 0.15) is 11.6 Å². The summed E-state index contributed by atoms with van der Waals surface area (Å²) in [5.74, 6) is -0.614. The quantitative estimate of drug-likeness (QED) is 0.411. The molecule has 0 radical (unpaired) electrons. The number of nitrogens with zero attached hydrogens (tertiary/aromatic N) is 1. The molecule has 32 heavy (non-hydrogen) atoms. The summed E-state index contributed by atoms with van der Waals surface area (Å²) in [7, 11) is 0. The Morgan fingerprint density at radius 2 is 1.81 bits per heavy atom. The van der Waals surface area contributed by atoms with Crippen LogP contribution in [0, 0.1) is 5.82 Å². The Labute approximate surface area is 197 Å². The molecule has 0 fully saturated rings. The molecule has 2 aromatic carbocycles. The van der Waals surface area contributed by atoms with E-state index >= 15 is 0 Å². The summed E-state index contributed by atoms with van der Waals surface area (Å²) in [6, 6.07) is 15.4. The van der Waals surface area contributed by atoms with Gasteiger partial charge in [-0.25, -0.2) is 4.39 Å². The molecule has 0 saturated heterocycles. The molecule has 0 saturated carbocycles. The van der Waals surface area contributed by atoms with Crippen molar-refractivity contribution in [3.05, 3.63) is 94.0 Å². The summed E-state index contributed by atoms with van der Waals surface area (Å²) in [5.41, 5.74) is 0.869. The van der Waals surface area contributed by atoms with Crippen LogP contribution in [0.25, 0.3) is 0 Å². The summed E-state index contributed by atoms with van der Waals surface area (Å²) in [6.45, 7) is 5.72. The van der Waals surface area contributed by atoms with Gasteiger partial charge in [0.15, 0.2) is 5.60 Å². The Kier molecular flexibility index (Phi) is 7.75. The Hall–Kier alpha value is -2.63. The van der Waals surface area contributed by atoms with E-state index in [4.69, 9.17) is 27.9 Å². The van der Waals surface area contributed by atoms with E-state index in [0.29, 0.717) is 11.6 Å². The Balaban J connectivity index is 1.76. The van der Waals surface area contributed by atoms with Gasteiger partial charge in [0, 0.05) is 41.0 Å². The lowest BCUT2D eigenvalue weighted by Crippen LogP contribution is -2.47. The highest BCUT2D eigenvalue weighted by atomic mass is 35.5. The van der Waals surface area contributed by atoms with Crippen LogP contribution in [0.3, 0.4) is 0 Å². The number of carbonyl (C=O) groups is 1. The van der Waals surface area contributed by atoms with Crippen molar-refractivity contribution in [2.24, 2.45) is 0 Å². The zero-order valence-corrected chi connectivity index (χ0v) is 19.6. The van der Waals surface area contributed by atoms with Crippen molar-refractivity contribution >= 4 is 29.1 Å². The van der Waals surface area contributed by atoms with Gasteiger partial charge in [-0.05, 0) is 61.2 Å². The van der Waals surface area contributed by atoms with Gasteiger partial charge < -0.3 is 10.1 Å². The highest BCUT2D eigenvalue weighted by molar-refractivity contribution is 6.30. The van der Waals surface area contributed by atoms with Crippen LogP contribution < -0.4 is 10.1 Å². The van der Waals surface area contributed by atoms with Crippen molar-refractivity contribution in [1.82, 2.24) is 10.3 Å². The SMILES string of the molecule is CC(c1ccc(Cl)cc1)C(CNC(=O)C(C)(C)Oc1cc(F)cc(Cl)c1)c1cccnc1. The fourth-order valence-electron chi connectivity index (χ4n) is 3.52. The third-order valence-corrected chi connectivity index (χ3v) is 5.82. The number of pyridine rings is 1. The molecule has 7 heteroatoms. The normalized spacial score (nSPS) is 13.3. The molecule has 3 rings (SSSR count). The zero-order chi connectivity index (χ0) is 23.3. The van der Waals surface area contributed by atoms with Crippen LogP contribution in [0.5, 0.6) is 5.75 Å². The third-order valence-electron chi connectivity index (χ3n) is 5.35. The van der Waals surface area contributed by atoms with Crippen LogP contribution in [-0.2, 0) is 4.79 Å². The number of amides is 1. The molecule has 1 N–H and O–H groups in total. The minimum atomic E-state index is -1.24. The van der Waals surface area contributed by atoms with Crippen LogP contribution in [0.2, 0.25) is 10.0 Å². The molecular formula is C25H25Cl2FN2O2. The second-order valence-electron chi connectivity index (χ2n) is 8.16. The number of aromatic nitrogens is 1. The number of rotatable bonds is 8. The topological polar surface area (TPSA) is 51.2 Å². The average Bonchev–Trinajstić information content (AvgIpc) is 2.73. The highest BCUT2D eigenvalue weighted by Gasteiger charge is 2.31. The van der Waals surface area contributed by atoms with Crippen molar-refractivity contribution in [1.29, 1.82) is 0 Å². The number of nitrogens with one attached hydrogen (secondary N) is 1. The number of halogens is 3. The Morgan fingerprint density at radius 3 is 2.44 bits per heavy atom. The molecule has 1 amide bonds. The number of carbonyl (C=O) groups excluding carboxylic acids is 1. The van der Waals surface area contributed by atoms with Crippen LogP contribution in [0.4, 0.5) is 4.39 Å². The predicted octanol–water partition coefficient (Wildman–Crippen LogP) is 6.39. The third kappa shape index (κ3) is 6.21. The maximum absolute atomic E-state index is 13.6. The van der Waals surface area contributed by atoms with Crippen molar-refractivity contribution in [2.75, 3.05) is 6.54 Å².